The predicted molar refractivity (Wildman–Crippen MR) is 94.0 cm³/mol. The highest BCUT2D eigenvalue weighted by atomic mass is 32.2. The van der Waals surface area contributed by atoms with E-state index >= 15 is 0 Å². The summed E-state index contributed by atoms with van der Waals surface area (Å²) >= 11 is 1.59. The standard InChI is InChI=1S/C18H19F2NO2S/c1-24-10-9-17(22)21-15-7-8-16(23-18(19)20)14(12-15)11-13-5-3-2-4-6-13/h2-8,12,18H,9-11H2,1H3,(H,21,22). The van der Waals surface area contributed by atoms with Crippen molar-refractivity contribution < 1.29 is 18.3 Å². The summed E-state index contributed by atoms with van der Waals surface area (Å²) in [5.74, 6) is 0.753. The molecule has 0 heterocycles. The number of amides is 1. The van der Waals surface area contributed by atoms with Gasteiger partial charge in [-0.1, -0.05) is 30.3 Å². The van der Waals surface area contributed by atoms with Crippen LogP contribution >= 0.6 is 11.8 Å². The fourth-order valence-corrected chi connectivity index (χ4v) is 2.63. The number of carbonyl (C=O) groups is 1. The van der Waals surface area contributed by atoms with Crippen LogP contribution in [0.25, 0.3) is 0 Å². The van der Waals surface area contributed by atoms with Crippen molar-refractivity contribution in [3.8, 4) is 5.75 Å². The predicted octanol–water partition coefficient (Wildman–Crippen LogP) is 4.57. The topological polar surface area (TPSA) is 38.3 Å². The van der Waals surface area contributed by atoms with Crippen LogP contribution < -0.4 is 10.1 Å². The first kappa shape index (κ1) is 18.3. The van der Waals surface area contributed by atoms with E-state index in [1.807, 2.05) is 36.6 Å². The molecule has 0 saturated carbocycles. The van der Waals surface area contributed by atoms with Crippen LogP contribution in [-0.4, -0.2) is 24.5 Å². The maximum absolute atomic E-state index is 12.6. The Morgan fingerprint density at radius 2 is 1.96 bits per heavy atom. The maximum atomic E-state index is 12.6. The van der Waals surface area contributed by atoms with E-state index in [-0.39, 0.29) is 11.7 Å². The lowest BCUT2D eigenvalue weighted by atomic mass is 10.0. The number of thioether (sulfide) groups is 1. The molecule has 128 valence electrons. The van der Waals surface area contributed by atoms with Crippen molar-refractivity contribution in [2.45, 2.75) is 19.5 Å². The van der Waals surface area contributed by atoms with E-state index in [0.29, 0.717) is 24.1 Å². The molecule has 0 atom stereocenters. The molecule has 6 heteroatoms. The van der Waals surface area contributed by atoms with Gasteiger partial charge in [-0.3, -0.25) is 4.79 Å². The fraction of sp³-hybridized carbons (Fsp3) is 0.278. The number of benzene rings is 2. The fourth-order valence-electron chi connectivity index (χ4n) is 2.24. The molecule has 0 aliphatic rings. The van der Waals surface area contributed by atoms with E-state index in [0.717, 1.165) is 11.3 Å². The zero-order chi connectivity index (χ0) is 17.4. The Bertz CT molecular complexity index is 665. The number of carbonyl (C=O) groups excluding carboxylic acids is 1. The molecule has 2 rings (SSSR count). The third-order valence-electron chi connectivity index (χ3n) is 3.33. The van der Waals surface area contributed by atoms with Crippen LogP contribution in [0.1, 0.15) is 17.5 Å². The van der Waals surface area contributed by atoms with Crippen LogP contribution in [0.4, 0.5) is 14.5 Å². The molecule has 0 bridgehead atoms. The van der Waals surface area contributed by atoms with Crippen LogP contribution in [0.5, 0.6) is 5.75 Å². The molecular formula is C18H19F2NO2S. The lowest BCUT2D eigenvalue weighted by molar-refractivity contribution is -0.115. The average Bonchev–Trinajstić information content (AvgIpc) is 2.56. The van der Waals surface area contributed by atoms with Crippen LogP contribution in [0.3, 0.4) is 0 Å². The Morgan fingerprint density at radius 1 is 1.21 bits per heavy atom. The molecule has 0 aliphatic carbocycles. The van der Waals surface area contributed by atoms with E-state index in [9.17, 15) is 13.6 Å². The number of alkyl halides is 2. The van der Waals surface area contributed by atoms with Crippen molar-refractivity contribution in [3.05, 3.63) is 59.7 Å². The largest absolute Gasteiger partial charge is 0.435 e. The van der Waals surface area contributed by atoms with Gasteiger partial charge in [0, 0.05) is 29.8 Å². The minimum atomic E-state index is -2.89. The zero-order valence-corrected chi connectivity index (χ0v) is 14.1. The minimum Gasteiger partial charge on any atom is -0.435 e. The Balaban J connectivity index is 2.19. The van der Waals surface area contributed by atoms with Crippen molar-refractivity contribution >= 4 is 23.4 Å². The van der Waals surface area contributed by atoms with Gasteiger partial charge in [-0.2, -0.15) is 20.5 Å². The van der Waals surface area contributed by atoms with Gasteiger partial charge >= 0.3 is 6.61 Å². The lowest BCUT2D eigenvalue weighted by Crippen LogP contribution is -2.13. The molecule has 0 aromatic heterocycles. The molecule has 0 aliphatic heterocycles. The van der Waals surface area contributed by atoms with E-state index in [2.05, 4.69) is 10.1 Å². The van der Waals surface area contributed by atoms with Gasteiger partial charge in [0.25, 0.3) is 0 Å². The first-order valence-corrected chi connectivity index (χ1v) is 8.88. The van der Waals surface area contributed by atoms with Crippen LogP contribution in [0.15, 0.2) is 48.5 Å². The summed E-state index contributed by atoms with van der Waals surface area (Å²) in [6.45, 7) is -2.89. The highest BCUT2D eigenvalue weighted by Crippen LogP contribution is 2.27. The van der Waals surface area contributed by atoms with Gasteiger partial charge in [0.05, 0.1) is 0 Å². The van der Waals surface area contributed by atoms with Crippen molar-refractivity contribution in [2.24, 2.45) is 0 Å². The number of nitrogens with one attached hydrogen (secondary N) is 1. The van der Waals surface area contributed by atoms with Crippen LogP contribution in [0, 0.1) is 0 Å². The molecule has 3 nitrogen and oxygen atoms in total. The summed E-state index contributed by atoms with van der Waals surface area (Å²) in [6.07, 6.45) is 2.78. The molecule has 1 N–H and O–H groups in total. The van der Waals surface area contributed by atoms with Gasteiger partial charge in [-0.05, 0) is 30.0 Å². The molecular weight excluding hydrogens is 332 g/mol. The smallest absolute Gasteiger partial charge is 0.387 e. The highest BCUT2D eigenvalue weighted by Gasteiger charge is 2.12. The van der Waals surface area contributed by atoms with Crippen molar-refractivity contribution in [1.82, 2.24) is 0 Å². The summed E-state index contributed by atoms with van der Waals surface area (Å²) in [4.78, 5) is 11.8. The summed E-state index contributed by atoms with van der Waals surface area (Å²) in [5, 5.41) is 2.79. The first-order chi connectivity index (χ1) is 11.6. The lowest BCUT2D eigenvalue weighted by Gasteiger charge is -2.13. The van der Waals surface area contributed by atoms with Gasteiger partial charge in [-0.25, -0.2) is 0 Å². The molecule has 0 fully saturated rings. The zero-order valence-electron chi connectivity index (χ0n) is 13.3. The minimum absolute atomic E-state index is 0.0995. The third-order valence-corrected chi connectivity index (χ3v) is 3.94. The maximum Gasteiger partial charge on any atom is 0.387 e. The molecule has 0 unspecified atom stereocenters. The molecule has 0 saturated heterocycles. The number of anilines is 1. The second-order valence-electron chi connectivity index (χ2n) is 5.15. The normalized spacial score (nSPS) is 10.7. The quantitative estimate of drug-likeness (QED) is 0.757. The second-order valence-corrected chi connectivity index (χ2v) is 6.14. The van der Waals surface area contributed by atoms with Crippen molar-refractivity contribution in [3.63, 3.8) is 0 Å². The van der Waals surface area contributed by atoms with Crippen LogP contribution in [-0.2, 0) is 11.2 Å². The number of hydrogen-bond acceptors (Lipinski definition) is 3. The van der Waals surface area contributed by atoms with Crippen LogP contribution in [0.2, 0.25) is 0 Å². The van der Waals surface area contributed by atoms with Gasteiger partial charge < -0.3 is 10.1 Å². The average molecular weight is 351 g/mol. The van der Waals surface area contributed by atoms with Crippen molar-refractivity contribution in [2.75, 3.05) is 17.3 Å². The molecule has 2 aromatic rings. The highest BCUT2D eigenvalue weighted by molar-refractivity contribution is 7.98. The summed E-state index contributed by atoms with van der Waals surface area (Å²) < 4.78 is 29.8. The SMILES string of the molecule is CSCCC(=O)Nc1ccc(OC(F)F)c(Cc2ccccc2)c1. The molecule has 2 aromatic carbocycles. The second kappa shape index (κ2) is 9.27. The molecule has 24 heavy (non-hydrogen) atoms. The molecule has 0 spiro atoms. The Hall–Kier alpha value is -2.08. The van der Waals surface area contributed by atoms with Gasteiger partial charge in [0.2, 0.25) is 5.91 Å². The number of halogens is 2. The molecule has 0 radical (unpaired) electrons. The Labute approximate surface area is 144 Å². The Morgan fingerprint density at radius 3 is 2.62 bits per heavy atom. The van der Waals surface area contributed by atoms with Gasteiger partial charge in [0.1, 0.15) is 5.75 Å². The monoisotopic (exact) mass is 351 g/mol. The first-order valence-electron chi connectivity index (χ1n) is 7.49. The summed E-state index contributed by atoms with van der Waals surface area (Å²) in [5.41, 5.74) is 2.15. The third kappa shape index (κ3) is 5.85. The van der Waals surface area contributed by atoms with E-state index in [4.69, 9.17) is 0 Å². The molecule has 1 amide bonds. The summed E-state index contributed by atoms with van der Waals surface area (Å²) in [6, 6.07) is 14.2. The number of hydrogen-bond donors (Lipinski definition) is 1. The van der Waals surface area contributed by atoms with Gasteiger partial charge in [0.15, 0.2) is 0 Å². The number of ether oxygens (including phenoxy) is 1. The van der Waals surface area contributed by atoms with Gasteiger partial charge in [-0.15, -0.1) is 0 Å². The number of rotatable bonds is 8. The van der Waals surface area contributed by atoms with E-state index in [1.165, 1.54) is 6.07 Å². The summed E-state index contributed by atoms with van der Waals surface area (Å²) in [7, 11) is 0. The van der Waals surface area contributed by atoms with Crippen molar-refractivity contribution in [1.29, 1.82) is 0 Å². The van der Waals surface area contributed by atoms with E-state index < -0.39 is 6.61 Å². The van der Waals surface area contributed by atoms with E-state index in [1.54, 1.807) is 23.9 Å². The Kier molecular flexibility index (Phi) is 7.06.